The third-order valence-electron chi connectivity index (χ3n) is 6.34. The molecule has 2 atom stereocenters. The Kier molecular flexibility index (Phi) is 5.31. The van der Waals surface area contributed by atoms with Crippen LogP contribution in [-0.4, -0.2) is 20.0 Å². The van der Waals surface area contributed by atoms with Gasteiger partial charge in [-0.2, -0.15) is 0 Å². The molecule has 2 unspecified atom stereocenters. The van der Waals surface area contributed by atoms with E-state index < -0.39 is 0 Å². The average Bonchev–Trinajstić information content (AvgIpc) is 3.01. The molecule has 0 bridgehead atoms. The molecular formula is C27H26N2O3. The van der Waals surface area contributed by atoms with Crippen LogP contribution in [0.25, 0.3) is 0 Å². The lowest BCUT2D eigenvalue weighted by Gasteiger charge is -2.30. The number of hydrogen-bond donors (Lipinski definition) is 2. The highest BCUT2D eigenvalue weighted by molar-refractivity contribution is 6.01. The molecule has 0 amide bonds. The molecule has 0 aromatic heterocycles. The van der Waals surface area contributed by atoms with Crippen LogP contribution < -0.4 is 20.1 Å². The molecule has 3 aromatic rings. The predicted octanol–water partition coefficient (Wildman–Crippen LogP) is 5.68. The second-order valence-electron chi connectivity index (χ2n) is 8.18. The van der Waals surface area contributed by atoms with Crippen molar-refractivity contribution in [2.45, 2.75) is 24.8 Å². The SMILES string of the molecule is COc1ccc(C2Nc3ccccc3NC3=C2C(=O)CC(c2ccccc2OC)C3)cc1. The number of rotatable bonds is 4. The summed E-state index contributed by atoms with van der Waals surface area (Å²) in [5.41, 5.74) is 5.82. The van der Waals surface area contributed by atoms with E-state index in [1.54, 1.807) is 14.2 Å². The number of ether oxygens (including phenoxy) is 2. The van der Waals surface area contributed by atoms with Crippen LogP contribution in [0.15, 0.2) is 84.1 Å². The van der Waals surface area contributed by atoms with Gasteiger partial charge >= 0.3 is 0 Å². The number of allylic oxidation sites excluding steroid dienone is 1. The van der Waals surface area contributed by atoms with Crippen LogP contribution in [0.3, 0.4) is 0 Å². The topological polar surface area (TPSA) is 59.6 Å². The van der Waals surface area contributed by atoms with Crippen molar-refractivity contribution in [2.24, 2.45) is 0 Å². The van der Waals surface area contributed by atoms with Crippen molar-refractivity contribution >= 4 is 17.2 Å². The van der Waals surface area contributed by atoms with Crippen molar-refractivity contribution in [3.63, 3.8) is 0 Å². The van der Waals surface area contributed by atoms with Gasteiger partial charge in [-0.3, -0.25) is 4.79 Å². The molecule has 0 radical (unpaired) electrons. The molecule has 1 heterocycles. The fraction of sp³-hybridized carbons (Fsp3) is 0.222. The number of ketones is 1. The zero-order chi connectivity index (χ0) is 22.1. The minimum atomic E-state index is -0.238. The molecule has 5 heteroatoms. The average molecular weight is 427 g/mol. The van der Waals surface area contributed by atoms with E-state index in [9.17, 15) is 4.79 Å². The molecule has 1 aliphatic heterocycles. The van der Waals surface area contributed by atoms with Gasteiger partial charge in [0, 0.05) is 23.6 Å². The van der Waals surface area contributed by atoms with Crippen molar-refractivity contribution in [1.82, 2.24) is 0 Å². The summed E-state index contributed by atoms with van der Waals surface area (Å²) in [5.74, 6) is 1.83. The van der Waals surface area contributed by atoms with Crippen molar-refractivity contribution in [3.05, 3.63) is 95.2 Å². The number of benzene rings is 3. The summed E-state index contributed by atoms with van der Waals surface area (Å²) in [5, 5.41) is 7.20. The Morgan fingerprint density at radius 3 is 2.28 bits per heavy atom. The third kappa shape index (κ3) is 3.60. The van der Waals surface area contributed by atoms with Gasteiger partial charge < -0.3 is 20.1 Å². The maximum absolute atomic E-state index is 13.6. The first-order valence-corrected chi connectivity index (χ1v) is 10.8. The Morgan fingerprint density at radius 1 is 0.812 bits per heavy atom. The molecule has 5 rings (SSSR count). The number of hydrogen-bond acceptors (Lipinski definition) is 5. The monoisotopic (exact) mass is 426 g/mol. The van der Waals surface area contributed by atoms with E-state index >= 15 is 0 Å². The summed E-state index contributed by atoms with van der Waals surface area (Å²) in [7, 11) is 3.33. The zero-order valence-electron chi connectivity index (χ0n) is 18.2. The van der Waals surface area contributed by atoms with E-state index in [4.69, 9.17) is 9.47 Å². The molecule has 0 saturated carbocycles. The van der Waals surface area contributed by atoms with E-state index in [1.165, 1.54) is 0 Å². The zero-order valence-corrected chi connectivity index (χ0v) is 18.2. The van der Waals surface area contributed by atoms with Gasteiger partial charge in [0.05, 0.1) is 31.6 Å². The second-order valence-corrected chi connectivity index (χ2v) is 8.18. The van der Waals surface area contributed by atoms with Gasteiger partial charge in [-0.05, 0) is 47.9 Å². The first-order valence-electron chi connectivity index (χ1n) is 10.8. The quantitative estimate of drug-likeness (QED) is 0.562. The Bertz CT molecular complexity index is 1180. The maximum atomic E-state index is 13.6. The van der Waals surface area contributed by atoms with E-state index in [0.717, 1.165) is 51.7 Å². The molecule has 2 aliphatic rings. The molecule has 162 valence electrons. The van der Waals surface area contributed by atoms with Crippen LogP contribution in [0.1, 0.15) is 35.9 Å². The lowest BCUT2D eigenvalue weighted by Crippen LogP contribution is -2.27. The number of fused-ring (bicyclic) bond motifs is 1. The van der Waals surface area contributed by atoms with Gasteiger partial charge in [0.1, 0.15) is 11.5 Å². The van der Waals surface area contributed by atoms with Crippen LogP contribution >= 0.6 is 0 Å². The molecule has 5 nitrogen and oxygen atoms in total. The highest BCUT2D eigenvalue weighted by Gasteiger charge is 2.36. The summed E-state index contributed by atoms with van der Waals surface area (Å²) in [4.78, 5) is 13.6. The first kappa shape index (κ1) is 20.2. The van der Waals surface area contributed by atoms with Crippen LogP contribution in [0.2, 0.25) is 0 Å². The second kappa shape index (κ2) is 8.42. The summed E-state index contributed by atoms with van der Waals surface area (Å²) in [6, 6.07) is 23.8. The van der Waals surface area contributed by atoms with Crippen molar-refractivity contribution in [2.75, 3.05) is 24.9 Å². The fourth-order valence-corrected chi connectivity index (χ4v) is 4.76. The van der Waals surface area contributed by atoms with Gasteiger partial charge in [0.2, 0.25) is 0 Å². The van der Waals surface area contributed by atoms with Gasteiger partial charge in [0.15, 0.2) is 5.78 Å². The Labute approximate surface area is 188 Å². The van der Waals surface area contributed by atoms with Crippen molar-refractivity contribution in [1.29, 1.82) is 0 Å². The predicted molar refractivity (Wildman–Crippen MR) is 126 cm³/mol. The Hall–Kier alpha value is -3.73. The van der Waals surface area contributed by atoms with Crippen LogP contribution in [0, 0.1) is 0 Å². The third-order valence-corrected chi connectivity index (χ3v) is 6.34. The molecule has 0 spiro atoms. The first-order chi connectivity index (χ1) is 15.7. The Balaban J connectivity index is 1.60. The molecular weight excluding hydrogens is 400 g/mol. The van der Waals surface area contributed by atoms with Gasteiger partial charge in [-0.15, -0.1) is 0 Å². The normalized spacial score (nSPS) is 19.8. The molecule has 3 aromatic carbocycles. The van der Waals surface area contributed by atoms with E-state index in [2.05, 4.69) is 16.7 Å². The van der Waals surface area contributed by atoms with Crippen LogP contribution in [0.5, 0.6) is 11.5 Å². The summed E-state index contributed by atoms with van der Waals surface area (Å²) in [6.45, 7) is 0. The van der Waals surface area contributed by atoms with Gasteiger partial charge in [-0.25, -0.2) is 0 Å². The summed E-state index contributed by atoms with van der Waals surface area (Å²) in [6.07, 6.45) is 1.19. The molecule has 32 heavy (non-hydrogen) atoms. The molecule has 2 N–H and O–H groups in total. The number of carbonyl (C=O) groups is 1. The lowest BCUT2D eigenvalue weighted by atomic mass is 9.78. The van der Waals surface area contributed by atoms with E-state index in [-0.39, 0.29) is 17.7 Å². The number of methoxy groups -OCH3 is 2. The number of Topliss-reactive ketones (excluding diaryl/α,β-unsaturated/α-hetero) is 1. The highest BCUT2D eigenvalue weighted by Crippen LogP contribution is 2.45. The molecule has 0 fully saturated rings. The Morgan fingerprint density at radius 2 is 1.53 bits per heavy atom. The highest BCUT2D eigenvalue weighted by atomic mass is 16.5. The minimum Gasteiger partial charge on any atom is -0.497 e. The van der Waals surface area contributed by atoms with Crippen molar-refractivity contribution < 1.29 is 14.3 Å². The van der Waals surface area contributed by atoms with E-state index in [1.807, 2.05) is 66.7 Å². The largest absolute Gasteiger partial charge is 0.497 e. The van der Waals surface area contributed by atoms with Crippen LogP contribution in [-0.2, 0) is 4.79 Å². The smallest absolute Gasteiger partial charge is 0.163 e. The van der Waals surface area contributed by atoms with E-state index in [0.29, 0.717) is 6.42 Å². The standard InChI is InChI=1S/C27H26N2O3/c1-31-19-13-11-17(12-14-19)27-26-23(28-21-8-4-5-9-22(21)29-27)15-18(16-24(26)30)20-7-3-6-10-25(20)32-2/h3-14,18,27-29H,15-16H2,1-2H3. The number of anilines is 2. The molecule has 1 aliphatic carbocycles. The lowest BCUT2D eigenvalue weighted by molar-refractivity contribution is -0.116. The van der Waals surface area contributed by atoms with Crippen LogP contribution in [0.4, 0.5) is 11.4 Å². The summed E-state index contributed by atoms with van der Waals surface area (Å²) >= 11 is 0. The fourth-order valence-electron chi connectivity index (χ4n) is 4.76. The van der Waals surface area contributed by atoms with Gasteiger partial charge in [0.25, 0.3) is 0 Å². The number of nitrogens with one attached hydrogen (secondary N) is 2. The van der Waals surface area contributed by atoms with Gasteiger partial charge in [-0.1, -0.05) is 42.5 Å². The molecule has 0 saturated heterocycles. The number of para-hydroxylation sites is 3. The minimum absolute atomic E-state index is 0.0617. The number of carbonyl (C=O) groups excluding carboxylic acids is 1. The van der Waals surface area contributed by atoms with Crippen molar-refractivity contribution in [3.8, 4) is 11.5 Å². The summed E-state index contributed by atoms with van der Waals surface area (Å²) < 4.78 is 10.9. The maximum Gasteiger partial charge on any atom is 0.163 e.